The first-order valence-corrected chi connectivity index (χ1v) is 6.97. The number of hydrazine groups is 1. The minimum atomic E-state index is -0.0886. The molecule has 0 amide bonds. The molecule has 0 aromatic carbocycles. The van der Waals surface area contributed by atoms with Crippen molar-refractivity contribution in [2.24, 2.45) is 12.9 Å². The molecule has 0 fully saturated rings. The zero-order chi connectivity index (χ0) is 14.8. The Labute approximate surface area is 121 Å². The van der Waals surface area contributed by atoms with Crippen LogP contribution < -0.4 is 11.3 Å². The van der Waals surface area contributed by atoms with Gasteiger partial charge in [0.1, 0.15) is 0 Å². The zero-order valence-electron chi connectivity index (χ0n) is 12.8. The van der Waals surface area contributed by atoms with Crippen molar-refractivity contribution < 1.29 is 0 Å². The van der Waals surface area contributed by atoms with E-state index in [0.717, 1.165) is 29.3 Å². The summed E-state index contributed by atoms with van der Waals surface area (Å²) in [5.74, 6) is 5.73. The Morgan fingerprint density at radius 2 is 2.05 bits per heavy atom. The number of nitrogens with one attached hydrogen (secondary N) is 1. The quantitative estimate of drug-likeness (QED) is 0.613. The summed E-state index contributed by atoms with van der Waals surface area (Å²) in [5, 5.41) is 5.21. The van der Waals surface area contributed by atoms with Crippen LogP contribution in [0.1, 0.15) is 32.2 Å². The number of likely N-dealkylation sites (N-methyl/N-ethyl adjacent to an activating group) is 1. The minimum absolute atomic E-state index is 0.0834. The lowest BCUT2D eigenvalue weighted by Gasteiger charge is -2.39. The van der Waals surface area contributed by atoms with Gasteiger partial charge < -0.3 is 4.90 Å². The Kier molecular flexibility index (Phi) is 5.38. The van der Waals surface area contributed by atoms with Gasteiger partial charge in [-0.15, -0.1) is 0 Å². The van der Waals surface area contributed by atoms with Gasteiger partial charge in [-0.2, -0.15) is 5.10 Å². The van der Waals surface area contributed by atoms with Gasteiger partial charge in [0.15, 0.2) is 0 Å². The molecule has 1 unspecified atom stereocenters. The third-order valence-corrected chi connectivity index (χ3v) is 4.54. The lowest BCUT2D eigenvalue weighted by atomic mass is 9.90. The van der Waals surface area contributed by atoms with Crippen LogP contribution in [0.15, 0.2) is 0 Å². The Morgan fingerprint density at radius 3 is 2.42 bits per heavy atom. The molecule has 1 aromatic rings. The van der Waals surface area contributed by atoms with Gasteiger partial charge in [-0.25, -0.2) is 0 Å². The lowest BCUT2D eigenvalue weighted by molar-refractivity contribution is 0.136. The van der Waals surface area contributed by atoms with Gasteiger partial charge in [0.05, 0.1) is 16.4 Å². The molecular formula is C13H26ClN5. The second-order valence-corrected chi connectivity index (χ2v) is 6.03. The first-order valence-electron chi connectivity index (χ1n) is 6.59. The molecule has 0 aliphatic rings. The van der Waals surface area contributed by atoms with Gasteiger partial charge in [0, 0.05) is 25.0 Å². The molecule has 5 nitrogen and oxygen atoms in total. The molecule has 0 radical (unpaired) electrons. The van der Waals surface area contributed by atoms with Crippen molar-refractivity contribution >= 4 is 11.6 Å². The molecule has 110 valence electrons. The van der Waals surface area contributed by atoms with Crippen LogP contribution in [0.4, 0.5) is 0 Å². The van der Waals surface area contributed by atoms with Gasteiger partial charge in [-0.3, -0.25) is 16.0 Å². The van der Waals surface area contributed by atoms with Crippen LogP contribution in [0.25, 0.3) is 0 Å². The largest absolute Gasteiger partial charge is 0.303 e. The van der Waals surface area contributed by atoms with Crippen molar-refractivity contribution in [1.82, 2.24) is 20.1 Å². The maximum Gasteiger partial charge on any atom is 0.0850 e. The first-order chi connectivity index (χ1) is 8.75. The van der Waals surface area contributed by atoms with E-state index in [1.807, 2.05) is 25.8 Å². The number of aryl methyl sites for hydroxylation is 2. The molecule has 0 saturated carbocycles. The molecule has 1 heterocycles. The van der Waals surface area contributed by atoms with Crippen LogP contribution in [0.3, 0.4) is 0 Å². The fourth-order valence-electron chi connectivity index (χ4n) is 2.06. The molecule has 0 spiro atoms. The van der Waals surface area contributed by atoms with Crippen molar-refractivity contribution in [3.05, 3.63) is 16.4 Å². The topological polar surface area (TPSA) is 59.1 Å². The van der Waals surface area contributed by atoms with Crippen molar-refractivity contribution in [3.63, 3.8) is 0 Å². The average Bonchev–Trinajstić information content (AvgIpc) is 2.61. The highest BCUT2D eigenvalue weighted by Gasteiger charge is 2.32. The lowest BCUT2D eigenvalue weighted by Crippen LogP contribution is -2.58. The van der Waals surface area contributed by atoms with E-state index in [2.05, 4.69) is 36.2 Å². The smallest absolute Gasteiger partial charge is 0.0850 e. The maximum atomic E-state index is 6.39. The van der Waals surface area contributed by atoms with E-state index in [-0.39, 0.29) is 11.6 Å². The van der Waals surface area contributed by atoms with Gasteiger partial charge in [0.2, 0.25) is 0 Å². The van der Waals surface area contributed by atoms with Crippen LogP contribution in [-0.4, -0.2) is 40.4 Å². The number of hydrogen-bond acceptors (Lipinski definition) is 4. The fourth-order valence-corrected chi connectivity index (χ4v) is 2.43. The van der Waals surface area contributed by atoms with Gasteiger partial charge >= 0.3 is 0 Å². The summed E-state index contributed by atoms with van der Waals surface area (Å²) < 4.78 is 1.86. The van der Waals surface area contributed by atoms with E-state index in [9.17, 15) is 0 Å². The van der Waals surface area contributed by atoms with E-state index < -0.39 is 0 Å². The predicted octanol–water partition coefficient (Wildman–Crippen LogP) is 1.35. The van der Waals surface area contributed by atoms with Gasteiger partial charge in [-0.1, -0.05) is 18.5 Å². The molecule has 1 aromatic heterocycles. The Morgan fingerprint density at radius 1 is 1.47 bits per heavy atom. The normalized spacial score (nSPS) is 14.2. The number of hydrogen-bond donors (Lipinski definition) is 2. The van der Waals surface area contributed by atoms with E-state index in [0.29, 0.717) is 0 Å². The summed E-state index contributed by atoms with van der Waals surface area (Å²) in [6, 6.07) is 0.0834. The molecule has 1 atom stereocenters. The van der Waals surface area contributed by atoms with Crippen molar-refractivity contribution in [2.75, 3.05) is 14.1 Å². The Balaban J connectivity index is 3.03. The van der Waals surface area contributed by atoms with Crippen molar-refractivity contribution in [2.45, 2.75) is 45.2 Å². The van der Waals surface area contributed by atoms with E-state index in [4.69, 9.17) is 17.4 Å². The molecule has 19 heavy (non-hydrogen) atoms. The summed E-state index contributed by atoms with van der Waals surface area (Å²) >= 11 is 6.39. The summed E-state index contributed by atoms with van der Waals surface area (Å²) in [5.41, 5.74) is 4.79. The third kappa shape index (κ3) is 3.28. The van der Waals surface area contributed by atoms with Crippen LogP contribution in [0.2, 0.25) is 5.02 Å². The second kappa shape index (κ2) is 6.22. The van der Waals surface area contributed by atoms with E-state index in [1.165, 1.54) is 0 Å². The molecule has 6 heteroatoms. The van der Waals surface area contributed by atoms with Crippen molar-refractivity contribution in [3.8, 4) is 0 Å². The standard InChI is InChI=1S/C13H26ClN5/c1-7-9-12(14)10(19(6)17-9)8-11(16-15)13(2,3)18(4)5/h11,16H,7-8,15H2,1-6H3. The maximum absolute atomic E-state index is 6.39. The second-order valence-electron chi connectivity index (χ2n) is 5.66. The van der Waals surface area contributed by atoms with Gasteiger partial charge in [-0.05, 0) is 34.4 Å². The monoisotopic (exact) mass is 287 g/mol. The predicted molar refractivity (Wildman–Crippen MR) is 80.2 cm³/mol. The summed E-state index contributed by atoms with van der Waals surface area (Å²) in [4.78, 5) is 2.16. The fraction of sp³-hybridized carbons (Fsp3) is 0.769. The minimum Gasteiger partial charge on any atom is -0.303 e. The van der Waals surface area contributed by atoms with Crippen LogP contribution in [0.5, 0.6) is 0 Å². The van der Waals surface area contributed by atoms with Crippen LogP contribution >= 0.6 is 11.6 Å². The number of halogens is 1. The van der Waals surface area contributed by atoms with Crippen LogP contribution in [0, 0.1) is 0 Å². The summed E-state index contributed by atoms with van der Waals surface area (Å²) in [6.07, 6.45) is 1.58. The summed E-state index contributed by atoms with van der Waals surface area (Å²) in [7, 11) is 6.02. The molecular weight excluding hydrogens is 262 g/mol. The Hall–Kier alpha value is -0.620. The van der Waals surface area contributed by atoms with E-state index in [1.54, 1.807) is 0 Å². The van der Waals surface area contributed by atoms with Crippen LogP contribution in [-0.2, 0) is 19.9 Å². The highest BCUT2D eigenvalue weighted by Crippen LogP contribution is 2.25. The number of rotatable bonds is 6. The molecule has 3 N–H and O–H groups in total. The average molecular weight is 288 g/mol. The SMILES string of the molecule is CCc1nn(C)c(CC(NN)C(C)(C)N(C)C)c1Cl. The zero-order valence-corrected chi connectivity index (χ0v) is 13.5. The van der Waals surface area contributed by atoms with Gasteiger partial charge in [0.25, 0.3) is 0 Å². The number of nitrogens with zero attached hydrogens (tertiary/aromatic N) is 3. The number of aromatic nitrogens is 2. The molecule has 0 bridgehead atoms. The summed E-state index contributed by atoms with van der Waals surface area (Å²) in [6.45, 7) is 6.37. The first kappa shape index (κ1) is 16.4. The third-order valence-electron chi connectivity index (χ3n) is 4.11. The van der Waals surface area contributed by atoms with Crippen molar-refractivity contribution in [1.29, 1.82) is 0 Å². The molecule has 1 rings (SSSR count). The molecule has 0 aliphatic carbocycles. The number of nitrogens with two attached hydrogens (primary N) is 1. The Bertz CT molecular complexity index is 425. The molecule has 0 saturated heterocycles. The molecule has 0 aliphatic heterocycles. The van der Waals surface area contributed by atoms with E-state index >= 15 is 0 Å². The highest BCUT2D eigenvalue weighted by molar-refractivity contribution is 6.31. The highest BCUT2D eigenvalue weighted by atomic mass is 35.5.